The minimum Gasteiger partial charge on any atom is -0.354 e. The lowest BCUT2D eigenvalue weighted by molar-refractivity contribution is 0.383. The summed E-state index contributed by atoms with van der Waals surface area (Å²) in [5.41, 5.74) is 3.47. The van der Waals surface area contributed by atoms with Crippen LogP contribution in [0.1, 0.15) is 48.9 Å². The van der Waals surface area contributed by atoms with E-state index >= 15 is 0 Å². The van der Waals surface area contributed by atoms with Crippen molar-refractivity contribution in [2.45, 2.75) is 56.8 Å². The maximum absolute atomic E-state index is 13.3. The zero-order valence-electron chi connectivity index (χ0n) is 19.0. The fourth-order valence-corrected chi connectivity index (χ4v) is 6.58. The van der Waals surface area contributed by atoms with Crippen molar-refractivity contribution in [3.05, 3.63) is 41.1 Å². The van der Waals surface area contributed by atoms with Gasteiger partial charge in [-0.15, -0.1) is 0 Å². The van der Waals surface area contributed by atoms with Crippen molar-refractivity contribution in [2.75, 3.05) is 49.1 Å². The first-order valence-corrected chi connectivity index (χ1v) is 13.4. The third kappa shape index (κ3) is 4.35. The zero-order chi connectivity index (χ0) is 22.1. The Hall–Kier alpha value is -2.19. The number of fused-ring (bicyclic) bond motifs is 1. The van der Waals surface area contributed by atoms with Crippen LogP contribution < -0.4 is 9.80 Å². The number of rotatable bonds is 4. The van der Waals surface area contributed by atoms with Crippen LogP contribution in [-0.2, 0) is 22.9 Å². The number of hydrogen-bond acceptors (Lipinski definition) is 6. The van der Waals surface area contributed by atoms with Crippen LogP contribution in [-0.4, -0.2) is 62.0 Å². The highest BCUT2D eigenvalue weighted by Crippen LogP contribution is 2.27. The molecule has 0 atom stereocenters. The molecule has 0 N–H and O–H groups in total. The predicted molar refractivity (Wildman–Crippen MR) is 127 cm³/mol. The SMILES string of the molecule is Cc1cc(N2CCN(S(=O)(=O)c3ccc4c(c3)CCCC4)CC2)nc(N2CCCCC2)n1. The van der Waals surface area contributed by atoms with Crippen molar-refractivity contribution < 1.29 is 8.42 Å². The van der Waals surface area contributed by atoms with E-state index < -0.39 is 10.0 Å². The van der Waals surface area contributed by atoms with E-state index in [4.69, 9.17) is 4.98 Å². The largest absolute Gasteiger partial charge is 0.354 e. The Morgan fingerprint density at radius 2 is 1.47 bits per heavy atom. The van der Waals surface area contributed by atoms with E-state index in [1.807, 2.05) is 25.1 Å². The number of hydrogen-bond donors (Lipinski definition) is 0. The summed E-state index contributed by atoms with van der Waals surface area (Å²) < 4.78 is 28.2. The molecule has 3 heterocycles. The lowest BCUT2D eigenvalue weighted by atomic mass is 9.92. The van der Waals surface area contributed by atoms with Gasteiger partial charge in [-0.2, -0.15) is 9.29 Å². The molecule has 2 fully saturated rings. The molecule has 0 unspecified atom stereocenters. The predicted octanol–water partition coefficient (Wildman–Crippen LogP) is 3.17. The molecule has 32 heavy (non-hydrogen) atoms. The van der Waals surface area contributed by atoms with Crippen molar-refractivity contribution in [1.29, 1.82) is 0 Å². The molecular weight excluding hydrogens is 422 g/mol. The number of piperidine rings is 1. The summed E-state index contributed by atoms with van der Waals surface area (Å²) in [6.07, 6.45) is 8.04. The zero-order valence-corrected chi connectivity index (χ0v) is 19.8. The Labute approximate surface area is 191 Å². The van der Waals surface area contributed by atoms with Crippen LogP contribution in [0.25, 0.3) is 0 Å². The molecular formula is C24H33N5O2S. The minimum atomic E-state index is -3.47. The van der Waals surface area contributed by atoms with Gasteiger partial charge in [0, 0.05) is 51.0 Å². The van der Waals surface area contributed by atoms with Gasteiger partial charge in [-0.3, -0.25) is 0 Å². The number of piperazine rings is 1. The molecule has 2 aliphatic heterocycles. The molecule has 3 aliphatic rings. The molecule has 1 aromatic heterocycles. The standard InChI is InChI=1S/C24H33N5O2S/c1-19-17-23(26-24(25-19)28-11-5-2-6-12-28)27-13-15-29(16-14-27)32(30,31)22-10-9-20-7-3-4-8-21(20)18-22/h9-10,17-18H,2-8,11-16H2,1H3. The van der Waals surface area contributed by atoms with Crippen LogP contribution in [0.3, 0.4) is 0 Å². The van der Waals surface area contributed by atoms with Gasteiger partial charge in [0.2, 0.25) is 16.0 Å². The highest BCUT2D eigenvalue weighted by molar-refractivity contribution is 7.89. The second-order valence-corrected chi connectivity index (χ2v) is 11.2. The Morgan fingerprint density at radius 1 is 0.750 bits per heavy atom. The van der Waals surface area contributed by atoms with E-state index in [1.165, 1.54) is 36.8 Å². The summed E-state index contributed by atoms with van der Waals surface area (Å²) in [4.78, 5) is 14.4. The summed E-state index contributed by atoms with van der Waals surface area (Å²) in [5, 5.41) is 0. The molecule has 7 nitrogen and oxygen atoms in total. The molecule has 8 heteroatoms. The molecule has 0 radical (unpaired) electrons. The van der Waals surface area contributed by atoms with Gasteiger partial charge >= 0.3 is 0 Å². The lowest BCUT2D eigenvalue weighted by Gasteiger charge is -2.35. The van der Waals surface area contributed by atoms with E-state index in [0.29, 0.717) is 31.1 Å². The van der Waals surface area contributed by atoms with Gasteiger partial charge in [0.05, 0.1) is 4.90 Å². The maximum atomic E-state index is 13.3. The number of benzene rings is 1. The second-order valence-electron chi connectivity index (χ2n) is 9.24. The normalized spacial score (nSPS) is 20.3. The highest BCUT2D eigenvalue weighted by Gasteiger charge is 2.30. The Balaban J connectivity index is 1.29. The van der Waals surface area contributed by atoms with Crippen molar-refractivity contribution in [3.8, 4) is 0 Å². The van der Waals surface area contributed by atoms with Crippen molar-refractivity contribution in [3.63, 3.8) is 0 Å². The summed E-state index contributed by atoms with van der Waals surface area (Å²) in [7, 11) is -3.47. The van der Waals surface area contributed by atoms with Gasteiger partial charge in [0.1, 0.15) is 5.82 Å². The smallest absolute Gasteiger partial charge is 0.243 e. The quantitative estimate of drug-likeness (QED) is 0.705. The minimum absolute atomic E-state index is 0.442. The molecule has 0 amide bonds. The Kier molecular flexibility index (Phi) is 6.07. The average Bonchev–Trinajstić information content (AvgIpc) is 2.84. The summed E-state index contributed by atoms with van der Waals surface area (Å²) in [6.45, 7) is 6.25. The molecule has 1 aliphatic carbocycles. The molecule has 172 valence electrons. The third-order valence-corrected chi connectivity index (χ3v) is 8.88. The third-order valence-electron chi connectivity index (χ3n) is 6.99. The molecule has 5 rings (SSSR count). The van der Waals surface area contributed by atoms with Gasteiger partial charge in [0.15, 0.2) is 0 Å². The fraction of sp³-hybridized carbons (Fsp3) is 0.583. The number of nitrogens with zero attached hydrogens (tertiary/aromatic N) is 5. The van der Waals surface area contributed by atoms with Gasteiger partial charge in [-0.05, 0) is 75.1 Å². The molecule has 0 bridgehead atoms. The molecule has 0 spiro atoms. The topological polar surface area (TPSA) is 69.6 Å². The van der Waals surface area contributed by atoms with E-state index in [0.717, 1.165) is 49.8 Å². The van der Waals surface area contributed by atoms with Gasteiger partial charge in [-0.25, -0.2) is 13.4 Å². The number of anilines is 2. The number of aromatic nitrogens is 2. The number of aryl methyl sites for hydroxylation is 3. The maximum Gasteiger partial charge on any atom is 0.243 e. The molecule has 0 saturated carbocycles. The highest BCUT2D eigenvalue weighted by atomic mass is 32.2. The first kappa shape index (κ1) is 21.6. The van der Waals surface area contributed by atoms with Crippen LogP contribution in [0.2, 0.25) is 0 Å². The first-order valence-electron chi connectivity index (χ1n) is 12.0. The van der Waals surface area contributed by atoms with E-state index in [-0.39, 0.29) is 0 Å². The first-order chi connectivity index (χ1) is 15.5. The summed E-state index contributed by atoms with van der Waals surface area (Å²) in [6, 6.07) is 7.74. The summed E-state index contributed by atoms with van der Waals surface area (Å²) >= 11 is 0. The van der Waals surface area contributed by atoms with Crippen LogP contribution in [0, 0.1) is 6.92 Å². The molecule has 1 aromatic carbocycles. The van der Waals surface area contributed by atoms with Crippen LogP contribution >= 0.6 is 0 Å². The fourth-order valence-electron chi connectivity index (χ4n) is 5.11. The van der Waals surface area contributed by atoms with Crippen molar-refractivity contribution in [1.82, 2.24) is 14.3 Å². The van der Waals surface area contributed by atoms with Gasteiger partial charge in [-0.1, -0.05) is 6.07 Å². The van der Waals surface area contributed by atoms with Crippen LogP contribution in [0.4, 0.5) is 11.8 Å². The molecule has 2 saturated heterocycles. The van der Waals surface area contributed by atoms with E-state index in [1.54, 1.807) is 10.4 Å². The van der Waals surface area contributed by atoms with Crippen LogP contribution in [0.5, 0.6) is 0 Å². The average molecular weight is 456 g/mol. The Morgan fingerprint density at radius 3 is 2.22 bits per heavy atom. The van der Waals surface area contributed by atoms with Crippen molar-refractivity contribution >= 4 is 21.8 Å². The van der Waals surface area contributed by atoms with Crippen LogP contribution in [0.15, 0.2) is 29.2 Å². The monoisotopic (exact) mass is 455 g/mol. The van der Waals surface area contributed by atoms with E-state index in [9.17, 15) is 8.42 Å². The summed E-state index contributed by atoms with van der Waals surface area (Å²) in [5.74, 6) is 1.72. The lowest BCUT2D eigenvalue weighted by Crippen LogP contribution is -2.49. The van der Waals surface area contributed by atoms with Crippen molar-refractivity contribution in [2.24, 2.45) is 0 Å². The second kappa shape index (κ2) is 8.98. The van der Waals surface area contributed by atoms with E-state index in [2.05, 4.69) is 14.8 Å². The number of sulfonamides is 1. The Bertz CT molecular complexity index is 1070. The molecule has 2 aromatic rings. The van der Waals surface area contributed by atoms with Gasteiger partial charge in [0.25, 0.3) is 0 Å². The van der Waals surface area contributed by atoms with Gasteiger partial charge < -0.3 is 9.80 Å².